The van der Waals surface area contributed by atoms with Crippen molar-refractivity contribution in [2.75, 3.05) is 13.2 Å². The predicted octanol–water partition coefficient (Wildman–Crippen LogP) is 0.898. The Kier molecular flexibility index (Phi) is 4.78. The number of piperidine rings is 1. The standard InChI is InChI=1S/C10H20N2OS/c1-8(10(11)14)12-6-3-2-4-9(12)5-7-13/h8-9,13H,2-7H2,1H3,(H2,11,14). The van der Waals surface area contributed by atoms with Gasteiger partial charge in [0, 0.05) is 12.6 Å². The molecule has 0 radical (unpaired) electrons. The van der Waals surface area contributed by atoms with Crippen molar-refractivity contribution in [3.8, 4) is 0 Å². The van der Waals surface area contributed by atoms with Gasteiger partial charge in [-0.3, -0.25) is 4.90 Å². The van der Waals surface area contributed by atoms with Crippen LogP contribution in [0.5, 0.6) is 0 Å². The molecule has 3 N–H and O–H groups in total. The number of thiocarbonyl (C=S) groups is 1. The van der Waals surface area contributed by atoms with Crippen LogP contribution in [-0.2, 0) is 0 Å². The lowest BCUT2D eigenvalue weighted by molar-refractivity contribution is 0.107. The maximum absolute atomic E-state index is 8.97. The van der Waals surface area contributed by atoms with E-state index in [0.717, 1.165) is 19.4 Å². The number of nitrogens with two attached hydrogens (primary N) is 1. The van der Waals surface area contributed by atoms with Crippen molar-refractivity contribution >= 4 is 17.2 Å². The molecule has 1 aliphatic rings. The van der Waals surface area contributed by atoms with Gasteiger partial charge in [-0.25, -0.2) is 0 Å². The van der Waals surface area contributed by atoms with Crippen molar-refractivity contribution in [2.24, 2.45) is 5.73 Å². The van der Waals surface area contributed by atoms with Crippen LogP contribution in [0.3, 0.4) is 0 Å². The third kappa shape index (κ3) is 2.90. The Labute approximate surface area is 91.3 Å². The average Bonchev–Trinajstić information content (AvgIpc) is 2.18. The quantitative estimate of drug-likeness (QED) is 0.686. The van der Waals surface area contributed by atoms with Crippen LogP contribution in [0.1, 0.15) is 32.6 Å². The lowest BCUT2D eigenvalue weighted by atomic mass is 9.98. The molecule has 4 heteroatoms. The molecule has 0 aromatic rings. The first-order valence-corrected chi connectivity index (χ1v) is 5.73. The van der Waals surface area contributed by atoms with E-state index in [1.54, 1.807) is 0 Å². The molecule has 0 aliphatic carbocycles. The Morgan fingerprint density at radius 2 is 2.36 bits per heavy atom. The van der Waals surface area contributed by atoms with E-state index in [-0.39, 0.29) is 12.6 Å². The van der Waals surface area contributed by atoms with Crippen LogP contribution in [-0.4, -0.2) is 40.2 Å². The second-order valence-corrected chi connectivity index (χ2v) is 4.45. The fourth-order valence-corrected chi connectivity index (χ4v) is 2.29. The number of aliphatic hydroxyl groups is 1. The molecular formula is C10H20N2OS. The first kappa shape index (κ1) is 11.9. The van der Waals surface area contributed by atoms with Gasteiger partial charge in [-0.15, -0.1) is 0 Å². The van der Waals surface area contributed by atoms with Crippen LogP contribution in [0.2, 0.25) is 0 Å². The van der Waals surface area contributed by atoms with Gasteiger partial charge < -0.3 is 10.8 Å². The Balaban J connectivity index is 2.57. The Bertz CT molecular complexity index is 197. The van der Waals surface area contributed by atoms with E-state index in [1.165, 1.54) is 12.8 Å². The van der Waals surface area contributed by atoms with Crippen LogP contribution < -0.4 is 5.73 Å². The van der Waals surface area contributed by atoms with Gasteiger partial charge in [0.25, 0.3) is 0 Å². The highest BCUT2D eigenvalue weighted by molar-refractivity contribution is 7.80. The van der Waals surface area contributed by atoms with Gasteiger partial charge in [0.05, 0.1) is 11.0 Å². The van der Waals surface area contributed by atoms with Crippen molar-refractivity contribution < 1.29 is 5.11 Å². The predicted molar refractivity (Wildman–Crippen MR) is 62.3 cm³/mol. The van der Waals surface area contributed by atoms with Gasteiger partial charge in [0.1, 0.15) is 0 Å². The van der Waals surface area contributed by atoms with Gasteiger partial charge in [-0.05, 0) is 32.7 Å². The molecule has 1 saturated heterocycles. The van der Waals surface area contributed by atoms with Gasteiger partial charge in [0.15, 0.2) is 0 Å². The van der Waals surface area contributed by atoms with E-state index in [2.05, 4.69) is 11.8 Å². The first-order chi connectivity index (χ1) is 6.66. The number of aliphatic hydroxyl groups excluding tert-OH is 1. The summed E-state index contributed by atoms with van der Waals surface area (Å²) in [5, 5.41) is 8.97. The largest absolute Gasteiger partial charge is 0.396 e. The van der Waals surface area contributed by atoms with Crippen LogP contribution >= 0.6 is 12.2 Å². The summed E-state index contributed by atoms with van der Waals surface area (Å²) in [7, 11) is 0. The van der Waals surface area contributed by atoms with E-state index < -0.39 is 0 Å². The summed E-state index contributed by atoms with van der Waals surface area (Å²) < 4.78 is 0. The van der Waals surface area contributed by atoms with E-state index in [1.807, 2.05) is 0 Å². The molecule has 0 spiro atoms. The zero-order valence-electron chi connectivity index (χ0n) is 8.78. The number of hydrogen-bond acceptors (Lipinski definition) is 3. The Morgan fingerprint density at radius 1 is 1.64 bits per heavy atom. The SMILES string of the molecule is CC(C(N)=S)N1CCCCC1CCO. The molecule has 3 nitrogen and oxygen atoms in total. The van der Waals surface area contributed by atoms with Crippen LogP contribution in [0.15, 0.2) is 0 Å². The molecular weight excluding hydrogens is 196 g/mol. The van der Waals surface area contributed by atoms with E-state index in [0.29, 0.717) is 11.0 Å². The van der Waals surface area contributed by atoms with Crippen molar-refractivity contribution in [3.05, 3.63) is 0 Å². The lowest BCUT2D eigenvalue weighted by Crippen LogP contribution is -2.50. The molecule has 1 fully saturated rings. The third-order valence-corrected chi connectivity index (χ3v) is 3.39. The van der Waals surface area contributed by atoms with Crippen molar-refractivity contribution in [3.63, 3.8) is 0 Å². The molecule has 2 atom stereocenters. The molecule has 0 aromatic carbocycles. The molecule has 1 rings (SSSR count). The molecule has 0 aromatic heterocycles. The molecule has 2 unspecified atom stereocenters. The van der Waals surface area contributed by atoms with E-state index >= 15 is 0 Å². The highest BCUT2D eigenvalue weighted by atomic mass is 32.1. The maximum Gasteiger partial charge on any atom is 0.0899 e. The zero-order chi connectivity index (χ0) is 10.6. The van der Waals surface area contributed by atoms with Crippen molar-refractivity contribution in [2.45, 2.75) is 44.7 Å². The summed E-state index contributed by atoms with van der Waals surface area (Å²) in [6.45, 7) is 3.37. The zero-order valence-corrected chi connectivity index (χ0v) is 9.59. The van der Waals surface area contributed by atoms with Crippen LogP contribution in [0, 0.1) is 0 Å². The topological polar surface area (TPSA) is 49.5 Å². The first-order valence-electron chi connectivity index (χ1n) is 5.32. The molecule has 82 valence electrons. The number of rotatable bonds is 4. The molecule has 0 saturated carbocycles. The minimum absolute atomic E-state index is 0.168. The van der Waals surface area contributed by atoms with Gasteiger partial charge in [-0.2, -0.15) is 0 Å². The van der Waals surface area contributed by atoms with Gasteiger partial charge in [-0.1, -0.05) is 18.6 Å². The second-order valence-electron chi connectivity index (χ2n) is 3.98. The summed E-state index contributed by atoms with van der Waals surface area (Å²) >= 11 is 5.01. The number of hydrogen-bond donors (Lipinski definition) is 2. The van der Waals surface area contributed by atoms with E-state index in [9.17, 15) is 0 Å². The molecule has 0 bridgehead atoms. The summed E-state index contributed by atoms with van der Waals surface area (Å²) in [5.74, 6) is 0. The maximum atomic E-state index is 8.97. The molecule has 1 aliphatic heterocycles. The highest BCUT2D eigenvalue weighted by Gasteiger charge is 2.26. The monoisotopic (exact) mass is 216 g/mol. The molecule has 0 amide bonds. The minimum Gasteiger partial charge on any atom is -0.396 e. The van der Waals surface area contributed by atoms with Crippen LogP contribution in [0.4, 0.5) is 0 Å². The normalized spacial score (nSPS) is 26.0. The fourth-order valence-electron chi connectivity index (χ4n) is 2.16. The Hall–Kier alpha value is -0.190. The van der Waals surface area contributed by atoms with Crippen LogP contribution in [0.25, 0.3) is 0 Å². The number of nitrogens with zero attached hydrogens (tertiary/aromatic N) is 1. The lowest BCUT2D eigenvalue weighted by Gasteiger charge is -2.39. The Morgan fingerprint density at radius 3 is 2.93 bits per heavy atom. The smallest absolute Gasteiger partial charge is 0.0899 e. The summed E-state index contributed by atoms with van der Waals surface area (Å²) in [4.78, 5) is 2.90. The third-order valence-electron chi connectivity index (χ3n) is 3.04. The highest BCUT2D eigenvalue weighted by Crippen LogP contribution is 2.21. The minimum atomic E-state index is 0.168. The van der Waals surface area contributed by atoms with Crippen molar-refractivity contribution in [1.29, 1.82) is 0 Å². The summed E-state index contributed by atoms with van der Waals surface area (Å²) in [6, 6.07) is 0.632. The number of likely N-dealkylation sites (tertiary alicyclic amines) is 1. The summed E-state index contributed by atoms with van der Waals surface area (Å²) in [5.41, 5.74) is 5.65. The summed E-state index contributed by atoms with van der Waals surface area (Å²) in [6.07, 6.45) is 4.47. The van der Waals surface area contributed by atoms with Gasteiger partial charge in [0.2, 0.25) is 0 Å². The van der Waals surface area contributed by atoms with Crippen molar-refractivity contribution in [1.82, 2.24) is 4.90 Å². The molecule has 14 heavy (non-hydrogen) atoms. The average molecular weight is 216 g/mol. The fraction of sp³-hybridized carbons (Fsp3) is 0.900. The second kappa shape index (κ2) is 5.63. The van der Waals surface area contributed by atoms with Gasteiger partial charge >= 0.3 is 0 Å². The molecule has 1 heterocycles. The van der Waals surface area contributed by atoms with E-state index in [4.69, 9.17) is 23.1 Å².